The minimum atomic E-state index is -3.76. The van der Waals surface area contributed by atoms with Gasteiger partial charge in [-0.05, 0) is 26.1 Å². The Morgan fingerprint density at radius 3 is 3.04 bits per heavy atom. The average molecular weight is 354 g/mol. The van der Waals surface area contributed by atoms with Gasteiger partial charge in [-0.15, -0.1) is 0 Å². The summed E-state index contributed by atoms with van der Waals surface area (Å²) in [4.78, 5) is 2.08. The number of rotatable bonds is 5. The molecule has 0 spiro atoms. The number of aliphatic hydroxyl groups is 1. The maximum atomic E-state index is 12.7. The van der Waals surface area contributed by atoms with Crippen LogP contribution in [0.4, 0.5) is 0 Å². The fourth-order valence-electron chi connectivity index (χ4n) is 2.91. The molecule has 1 saturated heterocycles. The Kier molecular flexibility index (Phi) is 4.63. The number of ether oxygens (including phenoxy) is 1. The summed E-state index contributed by atoms with van der Waals surface area (Å²) in [5.41, 5.74) is -0.280. The van der Waals surface area contributed by atoms with Crippen LogP contribution in [0.15, 0.2) is 35.5 Å². The van der Waals surface area contributed by atoms with Gasteiger partial charge in [0.05, 0.1) is 37.1 Å². The van der Waals surface area contributed by atoms with Crippen LogP contribution in [0.5, 0.6) is 0 Å². The van der Waals surface area contributed by atoms with E-state index in [0.29, 0.717) is 12.1 Å². The average Bonchev–Trinajstić information content (AvgIpc) is 3.01. The molecule has 0 unspecified atom stereocenters. The van der Waals surface area contributed by atoms with Gasteiger partial charge >= 0.3 is 0 Å². The van der Waals surface area contributed by atoms with Gasteiger partial charge in [-0.2, -0.15) is 5.10 Å². The zero-order chi connectivity index (χ0) is 17.4. The highest BCUT2D eigenvalue weighted by Crippen LogP contribution is 2.23. The van der Waals surface area contributed by atoms with Crippen LogP contribution in [0, 0.1) is 0 Å². The first kappa shape index (κ1) is 17.3. The maximum absolute atomic E-state index is 12.7. The Balaban J connectivity index is 1.84. The first-order valence-electron chi connectivity index (χ1n) is 7.73. The lowest BCUT2D eigenvalue weighted by Crippen LogP contribution is -2.65. The standard InChI is InChI=1S/C15H22N4O4S/c1-12-8-23-11-15(10-20,18(12)2)9-17-24(21,22)14-7-16-19-6-4-3-5-13(14)19/h3-7,12,17,20H,8-11H2,1-2H3/t12-,15+/m1/s1. The van der Waals surface area contributed by atoms with Crippen LogP contribution in [0.2, 0.25) is 0 Å². The van der Waals surface area contributed by atoms with E-state index in [4.69, 9.17) is 4.74 Å². The number of aromatic nitrogens is 2. The first-order chi connectivity index (χ1) is 11.4. The third-order valence-corrected chi connectivity index (χ3v) is 6.12. The van der Waals surface area contributed by atoms with Gasteiger partial charge in [-0.3, -0.25) is 4.90 Å². The third kappa shape index (κ3) is 2.93. The predicted molar refractivity (Wildman–Crippen MR) is 88.2 cm³/mol. The molecule has 132 valence electrons. The molecule has 1 fully saturated rings. The Morgan fingerprint density at radius 2 is 2.29 bits per heavy atom. The van der Waals surface area contributed by atoms with Gasteiger partial charge in [-0.1, -0.05) is 6.07 Å². The van der Waals surface area contributed by atoms with Crippen LogP contribution in [0.25, 0.3) is 5.52 Å². The molecule has 2 aromatic rings. The molecule has 2 atom stereocenters. The number of nitrogens with zero attached hydrogens (tertiary/aromatic N) is 3. The summed E-state index contributed by atoms with van der Waals surface area (Å²) in [6.45, 7) is 2.64. The van der Waals surface area contributed by atoms with E-state index >= 15 is 0 Å². The molecule has 9 heteroatoms. The molecule has 2 N–H and O–H groups in total. The van der Waals surface area contributed by atoms with Crippen molar-refractivity contribution in [3.63, 3.8) is 0 Å². The Hall–Kier alpha value is -1.52. The molecule has 3 heterocycles. The van der Waals surface area contributed by atoms with E-state index < -0.39 is 15.6 Å². The van der Waals surface area contributed by atoms with E-state index in [1.54, 1.807) is 24.4 Å². The summed E-state index contributed by atoms with van der Waals surface area (Å²) in [6, 6.07) is 5.32. The summed E-state index contributed by atoms with van der Waals surface area (Å²) in [7, 11) is -1.89. The number of hydrogen-bond acceptors (Lipinski definition) is 6. The SMILES string of the molecule is C[C@@H]1COC[C@@](CO)(CNS(=O)(=O)c2cnn3ccccc23)N1C. The highest BCUT2D eigenvalue weighted by Gasteiger charge is 2.41. The van der Waals surface area contributed by atoms with Crippen LogP contribution >= 0.6 is 0 Å². The molecular formula is C15H22N4O4S. The van der Waals surface area contributed by atoms with Crippen molar-refractivity contribution >= 4 is 15.5 Å². The lowest BCUT2D eigenvalue weighted by molar-refractivity contribution is -0.104. The highest BCUT2D eigenvalue weighted by atomic mass is 32.2. The Morgan fingerprint density at radius 1 is 1.50 bits per heavy atom. The largest absolute Gasteiger partial charge is 0.394 e. The van der Waals surface area contributed by atoms with Gasteiger partial charge in [0.25, 0.3) is 0 Å². The molecule has 0 saturated carbocycles. The number of likely N-dealkylation sites (N-methyl/N-ethyl adjacent to an activating group) is 1. The summed E-state index contributed by atoms with van der Waals surface area (Å²) < 4.78 is 35.0. The number of hydrogen-bond donors (Lipinski definition) is 2. The Labute approximate surface area is 141 Å². The number of pyridine rings is 1. The Bertz CT molecular complexity index is 822. The van der Waals surface area contributed by atoms with Crippen molar-refractivity contribution < 1.29 is 18.3 Å². The zero-order valence-electron chi connectivity index (χ0n) is 13.7. The van der Waals surface area contributed by atoms with E-state index in [0.717, 1.165) is 0 Å². The predicted octanol–water partition coefficient (Wildman–Crippen LogP) is -0.306. The maximum Gasteiger partial charge on any atom is 0.244 e. The topological polar surface area (TPSA) is 96.2 Å². The van der Waals surface area contributed by atoms with E-state index in [2.05, 4.69) is 9.82 Å². The third-order valence-electron chi connectivity index (χ3n) is 4.71. The molecule has 1 aliphatic heterocycles. The molecule has 0 radical (unpaired) electrons. The van der Waals surface area contributed by atoms with E-state index in [-0.39, 0.29) is 30.7 Å². The summed E-state index contributed by atoms with van der Waals surface area (Å²) >= 11 is 0. The second-order valence-corrected chi connectivity index (χ2v) is 7.96. The fraction of sp³-hybridized carbons (Fsp3) is 0.533. The smallest absolute Gasteiger partial charge is 0.244 e. The minimum absolute atomic E-state index is 0.0524. The first-order valence-corrected chi connectivity index (χ1v) is 9.21. The van der Waals surface area contributed by atoms with Gasteiger partial charge < -0.3 is 9.84 Å². The van der Waals surface area contributed by atoms with Gasteiger partial charge in [-0.25, -0.2) is 17.7 Å². The number of sulfonamides is 1. The van der Waals surface area contributed by atoms with Crippen LogP contribution < -0.4 is 4.72 Å². The van der Waals surface area contributed by atoms with Gasteiger partial charge in [0.2, 0.25) is 10.0 Å². The van der Waals surface area contributed by atoms with Crippen molar-refractivity contribution in [2.24, 2.45) is 0 Å². The van der Waals surface area contributed by atoms with Crippen molar-refractivity contribution in [2.75, 3.05) is 33.4 Å². The zero-order valence-corrected chi connectivity index (χ0v) is 14.5. The lowest BCUT2D eigenvalue weighted by Gasteiger charge is -2.47. The van der Waals surface area contributed by atoms with Crippen LogP contribution in [-0.4, -0.2) is 73.0 Å². The van der Waals surface area contributed by atoms with Crippen molar-refractivity contribution in [1.29, 1.82) is 0 Å². The number of nitrogens with one attached hydrogen (secondary N) is 1. The van der Waals surface area contributed by atoms with Crippen LogP contribution in [0.3, 0.4) is 0 Å². The molecule has 8 nitrogen and oxygen atoms in total. The van der Waals surface area contributed by atoms with E-state index in [1.165, 1.54) is 10.7 Å². The van der Waals surface area contributed by atoms with E-state index in [1.807, 2.05) is 18.9 Å². The summed E-state index contributed by atoms with van der Waals surface area (Å²) in [6.07, 6.45) is 3.01. The molecule has 24 heavy (non-hydrogen) atoms. The molecular weight excluding hydrogens is 332 g/mol. The molecule has 0 amide bonds. The highest BCUT2D eigenvalue weighted by molar-refractivity contribution is 7.89. The monoisotopic (exact) mass is 354 g/mol. The quantitative estimate of drug-likeness (QED) is 0.765. The van der Waals surface area contributed by atoms with Crippen LogP contribution in [0.1, 0.15) is 6.92 Å². The second-order valence-electron chi connectivity index (χ2n) is 6.22. The van der Waals surface area contributed by atoms with Crippen molar-refractivity contribution in [3.05, 3.63) is 30.6 Å². The number of morpholine rings is 1. The minimum Gasteiger partial charge on any atom is -0.394 e. The second kappa shape index (κ2) is 6.41. The molecule has 2 aromatic heterocycles. The van der Waals surface area contributed by atoms with E-state index in [9.17, 15) is 13.5 Å². The van der Waals surface area contributed by atoms with Crippen molar-refractivity contribution in [1.82, 2.24) is 19.2 Å². The normalized spacial score (nSPS) is 26.0. The number of aliphatic hydroxyl groups excluding tert-OH is 1. The van der Waals surface area contributed by atoms with Gasteiger partial charge in [0.1, 0.15) is 4.90 Å². The summed E-state index contributed by atoms with van der Waals surface area (Å²) in [5.74, 6) is 0. The van der Waals surface area contributed by atoms with Gasteiger partial charge in [0, 0.05) is 18.8 Å². The molecule has 1 aliphatic rings. The summed E-state index contributed by atoms with van der Waals surface area (Å²) in [5, 5.41) is 13.9. The number of fused-ring (bicyclic) bond motifs is 1. The van der Waals surface area contributed by atoms with Crippen LogP contribution in [-0.2, 0) is 14.8 Å². The fourth-order valence-corrected chi connectivity index (χ4v) is 4.15. The molecule has 0 bridgehead atoms. The van der Waals surface area contributed by atoms with Gasteiger partial charge in [0.15, 0.2) is 0 Å². The molecule has 0 aliphatic carbocycles. The lowest BCUT2D eigenvalue weighted by atomic mass is 9.96. The van der Waals surface area contributed by atoms with Crippen molar-refractivity contribution in [3.8, 4) is 0 Å². The van der Waals surface area contributed by atoms with Crippen molar-refractivity contribution in [2.45, 2.75) is 23.4 Å². The molecule has 0 aromatic carbocycles. The molecule has 3 rings (SSSR count).